The van der Waals surface area contributed by atoms with Gasteiger partial charge in [-0.1, -0.05) is 24.3 Å². The molecule has 3 rings (SSSR count). The minimum absolute atomic E-state index is 0. The smallest absolute Gasteiger partial charge is 0.243 e. The molecule has 1 aliphatic rings. The Morgan fingerprint density at radius 3 is 2.56 bits per heavy atom. The first-order valence-electron chi connectivity index (χ1n) is 8.73. The second kappa shape index (κ2) is 10.2. The lowest BCUT2D eigenvalue weighted by molar-refractivity contribution is -0.115. The Balaban J connectivity index is 0.00000261. The number of hydrogen-bond donors (Lipinski definition) is 3. The normalized spacial score (nSPS) is 15.9. The maximum absolute atomic E-state index is 12.9. The molecule has 5 nitrogen and oxygen atoms in total. The van der Waals surface area contributed by atoms with E-state index in [1.807, 2.05) is 0 Å². The largest absolute Gasteiger partial charge is 0.353 e. The fraction of sp³-hybridized carbons (Fsp3) is 0.300. The van der Waals surface area contributed by atoms with E-state index in [1.54, 1.807) is 7.05 Å². The third-order valence-electron chi connectivity index (χ3n) is 4.46. The molecular weight excluding hydrogens is 458 g/mol. The van der Waals surface area contributed by atoms with Gasteiger partial charge >= 0.3 is 0 Å². The Hall–Kier alpha value is -2.16. The number of halogens is 2. The topological polar surface area (TPSA) is 65.5 Å². The Bertz CT molecular complexity index is 795. The van der Waals surface area contributed by atoms with Gasteiger partial charge in [0.1, 0.15) is 5.82 Å². The maximum Gasteiger partial charge on any atom is 0.243 e. The van der Waals surface area contributed by atoms with E-state index < -0.39 is 0 Å². The lowest BCUT2D eigenvalue weighted by Crippen LogP contribution is -2.47. The van der Waals surface area contributed by atoms with Crippen molar-refractivity contribution in [1.29, 1.82) is 0 Å². The summed E-state index contributed by atoms with van der Waals surface area (Å²) in [5.74, 6) is 0.0527. The van der Waals surface area contributed by atoms with Crippen molar-refractivity contribution in [2.75, 3.05) is 18.9 Å². The summed E-state index contributed by atoms with van der Waals surface area (Å²) in [6.07, 6.45) is 3.01. The number of fused-ring (bicyclic) bond motifs is 1. The highest BCUT2D eigenvalue weighted by Gasteiger charge is 2.19. The summed E-state index contributed by atoms with van der Waals surface area (Å²) in [6.45, 7) is 0.0837. The minimum Gasteiger partial charge on any atom is -0.353 e. The third-order valence-corrected chi connectivity index (χ3v) is 4.46. The van der Waals surface area contributed by atoms with E-state index in [0.29, 0.717) is 11.6 Å². The molecule has 1 unspecified atom stereocenters. The van der Waals surface area contributed by atoms with Gasteiger partial charge in [-0.25, -0.2) is 4.39 Å². The minimum atomic E-state index is -0.334. The number of guanidine groups is 1. The summed E-state index contributed by atoms with van der Waals surface area (Å²) in [7, 11) is 1.68. The molecule has 144 valence electrons. The van der Waals surface area contributed by atoms with Gasteiger partial charge in [-0.15, -0.1) is 24.0 Å². The van der Waals surface area contributed by atoms with Gasteiger partial charge in [0, 0.05) is 18.8 Å². The fourth-order valence-electron chi connectivity index (χ4n) is 3.11. The number of benzene rings is 2. The van der Waals surface area contributed by atoms with E-state index in [2.05, 4.69) is 45.2 Å². The van der Waals surface area contributed by atoms with Crippen LogP contribution < -0.4 is 16.0 Å². The van der Waals surface area contributed by atoms with E-state index in [0.717, 1.165) is 19.3 Å². The molecule has 0 saturated heterocycles. The SMILES string of the molecule is CN=C(NCC(=O)Nc1ccc(F)cc1)NC1CCc2ccccc2C1.I. The Kier molecular flexibility index (Phi) is 8.02. The number of nitrogens with zero attached hydrogens (tertiary/aromatic N) is 1. The van der Waals surface area contributed by atoms with Crippen molar-refractivity contribution in [2.45, 2.75) is 25.3 Å². The van der Waals surface area contributed by atoms with Crippen LogP contribution in [-0.4, -0.2) is 31.5 Å². The average Bonchev–Trinajstić information content (AvgIpc) is 2.67. The van der Waals surface area contributed by atoms with Crippen LogP contribution in [-0.2, 0) is 17.6 Å². The molecule has 0 bridgehead atoms. The van der Waals surface area contributed by atoms with Gasteiger partial charge in [-0.2, -0.15) is 0 Å². The molecule has 0 saturated carbocycles. The fourth-order valence-corrected chi connectivity index (χ4v) is 3.11. The van der Waals surface area contributed by atoms with Crippen LogP contribution in [0.4, 0.5) is 10.1 Å². The molecular formula is C20H24FIN4O. The second-order valence-electron chi connectivity index (χ2n) is 6.33. The van der Waals surface area contributed by atoms with E-state index >= 15 is 0 Å². The van der Waals surface area contributed by atoms with Crippen molar-refractivity contribution in [3.8, 4) is 0 Å². The van der Waals surface area contributed by atoms with Crippen LogP contribution in [0.5, 0.6) is 0 Å². The summed E-state index contributed by atoms with van der Waals surface area (Å²) in [6, 6.07) is 14.4. The average molecular weight is 482 g/mol. The van der Waals surface area contributed by atoms with Crippen LogP contribution in [0.1, 0.15) is 17.5 Å². The molecule has 2 aromatic carbocycles. The maximum atomic E-state index is 12.9. The van der Waals surface area contributed by atoms with Gasteiger partial charge in [0.2, 0.25) is 5.91 Å². The van der Waals surface area contributed by atoms with Gasteiger partial charge in [0.25, 0.3) is 0 Å². The monoisotopic (exact) mass is 482 g/mol. The van der Waals surface area contributed by atoms with Crippen molar-refractivity contribution in [3.63, 3.8) is 0 Å². The van der Waals surface area contributed by atoms with Crippen molar-refractivity contribution in [3.05, 3.63) is 65.5 Å². The molecule has 2 aromatic rings. The highest BCUT2D eigenvalue weighted by molar-refractivity contribution is 14.0. The molecule has 1 aliphatic carbocycles. The van der Waals surface area contributed by atoms with E-state index in [1.165, 1.54) is 35.4 Å². The standard InChI is InChI=1S/C20H23FN4O.HI/c1-22-20(23-13-19(26)24-17-10-7-16(21)8-11-17)25-18-9-6-14-4-2-3-5-15(14)12-18;/h2-5,7-8,10-11,18H,6,9,12-13H2,1H3,(H,24,26)(H2,22,23,25);1H. The summed E-state index contributed by atoms with van der Waals surface area (Å²) < 4.78 is 12.9. The predicted molar refractivity (Wildman–Crippen MR) is 117 cm³/mol. The predicted octanol–water partition coefficient (Wildman–Crippen LogP) is 3.10. The number of amides is 1. The highest BCUT2D eigenvalue weighted by Crippen LogP contribution is 2.20. The van der Waals surface area contributed by atoms with Crippen molar-refractivity contribution < 1.29 is 9.18 Å². The van der Waals surface area contributed by atoms with Gasteiger partial charge in [0.05, 0.1) is 6.54 Å². The molecule has 0 radical (unpaired) electrons. The van der Waals surface area contributed by atoms with Gasteiger partial charge < -0.3 is 16.0 Å². The van der Waals surface area contributed by atoms with Crippen LogP contribution in [0.25, 0.3) is 0 Å². The van der Waals surface area contributed by atoms with Crippen LogP contribution >= 0.6 is 24.0 Å². The summed E-state index contributed by atoms with van der Waals surface area (Å²) in [4.78, 5) is 16.2. The van der Waals surface area contributed by atoms with Crippen molar-refractivity contribution >= 4 is 41.5 Å². The third kappa shape index (κ3) is 6.20. The molecule has 7 heteroatoms. The molecule has 0 fully saturated rings. The summed E-state index contributed by atoms with van der Waals surface area (Å²) in [5.41, 5.74) is 3.33. The molecule has 0 aliphatic heterocycles. The number of nitrogens with one attached hydrogen (secondary N) is 3. The van der Waals surface area contributed by atoms with Gasteiger partial charge in [-0.05, 0) is 54.7 Å². The highest BCUT2D eigenvalue weighted by atomic mass is 127. The molecule has 0 heterocycles. The zero-order chi connectivity index (χ0) is 18.4. The first-order chi connectivity index (χ1) is 12.6. The zero-order valence-corrected chi connectivity index (χ0v) is 17.5. The zero-order valence-electron chi connectivity index (χ0n) is 15.2. The Morgan fingerprint density at radius 2 is 1.85 bits per heavy atom. The van der Waals surface area contributed by atoms with Gasteiger partial charge in [0.15, 0.2) is 5.96 Å². The van der Waals surface area contributed by atoms with Crippen LogP contribution in [0.15, 0.2) is 53.5 Å². The lowest BCUT2D eigenvalue weighted by Gasteiger charge is -2.27. The van der Waals surface area contributed by atoms with Crippen LogP contribution in [0, 0.1) is 5.82 Å². The molecule has 0 spiro atoms. The lowest BCUT2D eigenvalue weighted by atomic mass is 9.88. The van der Waals surface area contributed by atoms with E-state index in [9.17, 15) is 9.18 Å². The van der Waals surface area contributed by atoms with E-state index in [-0.39, 0.29) is 48.3 Å². The number of anilines is 1. The van der Waals surface area contributed by atoms with Gasteiger partial charge in [-0.3, -0.25) is 9.79 Å². The number of carbonyl (C=O) groups excluding carboxylic acids is 1. The number of hydrogen-bond acceptors (Lipinski definition) is 2. The summed E-state index contributed by atoms with van der Waals surface area (Å²) >= 11 is 0. The summed E-state index contributed by atoms with van der Waals surface area (Å²) in [5, 5.41) is 9.12. The second-order valence-corrected chi connectivity index (χ2v) is 6.33. The quantitative estimate of drug-likeness (QED) is 0.357. The van der Waals surface area contributed by atoms with Crippen molar-refractivity contribution in [2.24, 2.45) is 4.99 Å². The molecule has 1 amide bonds. The number of rotatable bonds is 4. The molecule has 3 N–H and O–H groups in total. The Morgan fingerprint density at radius 1 is 1.15 bits per heavy atom. The van der Waals surface area contributed by atoms with E-state index in [4.69, 9.17) is 0 Å². The molecule has 1 atom stereocenters. The van der Waals surface area contributed by atoms with Crippen LogP contribution in [0.2, 0.25) is 0 Å². The molecule has 27 heavy (non-hydrogen) atoms. The molecule has 0 aromatic heterocycles. The number of aliphatic imine (C=N–C) groups is 1. The first kappa shape index (κ1) is 21.1. The number of carbonyl (C=O) groups is 1. The van der Waals surface area contributed by atoms with Crippen LogP contribution in [0.3, 0.4) is 0 Å². The Labute approximate surface area is 175 Å². The number of aryl methyl sites for hydroxylation is 1. The first-order valence-corrected chi connectivity index (χ1v) is 8.73. The van der Waals surface area contributed by atoms with Crippen molar-refractivity contribution in [1.82, 2.24) is 10.6 Å².